The molecule has 1 amide bonds. The molecule has 0 atom stereocenters. The van der Waals surface area contributed by atoms with Gasteiger partial charge in [0.05, 0.1) is 6.54 Å². The van der Waals surface area contributed by atoms with Crippen molar-refractivity contribution in [1.29, 1.82) is 0 Å². The lowest BCUT2D eigenvalue weighted by Gasteiger charge is -2.40. The highest BCUT2D eigenvalue weighted by atomic mass is 16.4. The summed E-state index contributed by atoms with van der Waals surface area (Å²) in [5.41, 5.74) is 5.06. The van der Waals surface area contributed by atoms with Gasteiger partial charge in [-0.2, -0.15) is 0 Å². The molecule has 7 nitrogen and oxygen atoms in total. The van der Waals surface area contributed by atoms with Gasteiger partial charge in [-0.15, -0.1) is 0 Å². The van der Waals surface area contributed by atoms with E-state index in [1.165, 1.54) is 0 Å². The minimum absolute atomic E-state index is 0.0215. The van der Waals surface area contributed by atoms with Crippen LogP contribution in [0.2, 0.25) is 0 Å². The van der Waals surface area contributed by atoms with Crippen LogP contribution < -0.4 is 5.73 Å². The van der Waals surface area contributed by atoms with E-state index >= 15 is 0 Å². The highest BCUT2D eigenvalue weighted by molar-refractivity contribution is 6.06. The van der Waals surface area contributed by atoms with E-state index in [9.17, 15) is 4.79 Å². The molecule has 1 aromatic rings. The van der Waals surface area contributed by atoms with Gasteiger partial charge in [0.2, 0.25) is 5.91 Å². The van der Waals surface area contributed by atoms with Crippen LogP contribution in [0.4, 0.5) is 0 Å². The van der Waals surface area contributed by atoms with Gasteiger partial charge in [0.25, 0.3) is 0 Å². The fourth-order valence-corrected chi connectivity index (χ4v) is 3.48. The van der Waals surface area contributed by atoms with Crippen molar-refractivity contribution in [1.82, 2.24) is 14.5 Å². The molecule has 0 radical (unpaired) electrons. The molecule has 1 aliphatic carbocycles. The first-order valence-electron chi connectivity index (χ1n) is 7.45. The SMILES string of the molecule is NC(=NO)C1(C(=O)N2CCn3ccnc3C2)CCCCC1. The molecule has 1 fully saturated rings. The fourth-order valence-electron chi connectivity index (χ4n) is 3.48. The number of carbonyl (C=O) groups excluding carboxylic acids is 1. The zero-order chi connectivity index (χ0) is 14.9. The molecule has 1 aliphatic heterocycles. The third kappa shape index (κ3) is 2.26. The van der Waals surface area contributed by atoms with Gasteiger partial charge >= 0.3 is 0 Å². The van der Waals surface area contributed by atoms with Crippen molar-refractivity contribution < 1.29 is 10.0 Å². The highest BCUT2D eigenvalue weighted by Gasteiger charge is 2.46. The van der Waals surface area contributed by atoms with E-state index in [-0.39, 0.29) is 11.7 Å². The largest absolute Gasteiger partial charge is 0.409 e. The number of amidine groups is 1. The topological polar surface area (TPSA) is 96.7 Å². The Labute approximate surface area is 123 Å². The Bertz CT molecular complexity index is 559. The first kappa shape index (κ1) is 13.9. The van der Waals surface area contributed by atoms with Crippen LogP contribution >= 0.6 is 0 Å². The van der Waals surface area contributed by atoms with Crippen molar-refractivity contribution in [2.24, 2.45) is 16.3 Å². The number of hydrogen-bond donors (Lipinski definition) is 2. The fraction of sp³-hybridized carbons (Fsp3) is 0.643. The van der Waals surface area contributed by atoms with Crippen LogP contribution in [0.25, 0.3) is 0 Å². The van der Waals surface area contributed by atoms with E-state index in [0.717, 1.165) is 31.6 Å². The van der Waals surface area contributed by atoms with Gasteiger partial charge in [0.1, 0.15) is 11.2 Å². The summed E-state index contributed by atoms with van der Waals surface area (Å²) in [5, 5.41) is 12.3. The molecule has 3 rings (SSSR count). The van der Waals surface area contributed by atoms with Crippen molar-refractivity contribution in [3.05, 3.63) is 18.2 Å². The van der Waals surface area contributed by atoms with Crippen molar-refractivity contribution in [3.8, 4) is 0 Å². The summed E-state index contributed by atoms with van der Waals surface area (Å²) in [6.07, 6.45) is 7.96. The van der Waals surface area contributed by atoms with Gasteiger partial charge in [-0.3, -0.25) is 4.79 Å². The molecule has 114 valence electrons. The number of hydrogen-bond acceptors (Lipinski definition) is 4. The van der Waals surface area contributed by atoms with E-state index in [2.05, 4.69) is 14.7 Å². The number of nitrogens with two attached hydrogens (primary N) is 1. The number of amides is 1. The quantitative estimate of drug-likeness (QED) is 0.366. The second kappa shape index (κ2) is 5.38. The molecule has 1 aromatic heterocycles. The Morgan fingerprint density at radius 1 is 1.33 bits per heavy atom. The summed E-state index contributed by atoms with van der Waals surface area (Å²) in [6.45, 7) is 1.88. The number of rotatable bonds is 2. The maximum absolute atomic E-state index is 13.0. The first-order chi connectivity index (χ1) is 10.2. The van der Waals surface area contributed by atoms with Crippen LogP contribution in [0.1, 0.15) is 37.9 Å². The number of aromatic nitrogens is 2. The van der Waals surface area contributed by atoms with Crippen molar-refractivity contribution >= 4 is 11.7 Å². The standard InChI is InChI=1S/C14H21N5O2/c15-12(17-21)14(4-2-1-3-5-14)13(20)19-9-8-18-7-6-16-11(18)10-19/h6-7,21H,1-5,8-10H2,(H2,15,17). The lowest BCUT2D eigenvalue weighted by molar-refractivity contribution is -0.141. The normalized spacial score (nSPS) is 21.9. The predicted octanol–water partition coefficient (Wildman–Crippen LogP) is 0.922. The average molecular weight is 291 g/mol. The minimum Gasteiger partial charge on any atom is -0.409 e. The molecule has 3 N–H and O–H groups in total. The van der Waals surface area contributed by atoms with Crippen LogP contribution in [0.3, 0.4) is 0 Å². The number of imidazole rings is 1. The summed E-state index contributed by atoms with van der Waals surface area (Å²) in [5.74, 6) is 0.924. The van der Waals surface area contributed by atoms with Crippen LogP contribution in [0, 0.1) is 5.41 Å². The van der Waals surface area contributed by atoms with E-state index in [1.807, 2.05) is 6.20 Å². The van der Waals surface area contributed by atoms with E-state index in [0.29, 0.717) is 25.9 Å². The molecule has 7 heteroatoms. The van der Waals surface area contributed by atoms with Crippen LogP contribution in [-0.4, -0.2) is 37.9 Å². The van der Waals surface area contributed by atoms with Crippen molar-refractivity contribution in [2.45, 2.75) is 45.2 Å². The van der Waals surface area contributed by atoms with Gasteiger partial charge in [-0.25, -0.2) is 4.98 Å². The van der Waals surface area contributed by atoms with Crippen LogP contribution in [-0.2, 0) is 17.9 Å². The molecule has 0 unspecified atom stereocenters. The van der Waals surface area contributed by atoms with Crippen molar-refractivity contribution in [3.63, 3.8) is 0 Å². The number of fused-ring (bicyclic) bond motifs is 1. The Kier molecular flexibility index (Phi) is 3.57. The molecule has 21 heavy (non-hydrogen) atoms. The first-order valence-corrected chi connectivity index (χ1v) is 7.45. The van der Waals surface area contributed by atoms with Gasteiger partial charge in [-0.05, 0) is 12.8 Å². The second-order valence-corrected chi connectivity index (χ2v) is 5.89. The third-order valence-corrected chi connectivity index (χ3v) is 4.75. The number of oxime groups is 1. The summed E-state index contributed by atoms with van der Waals surface area (Å²) in [6, 6.07) is 0. The monoisotopic (exact) mass is 291 g/mol. The summed E-state index contributed by atoms with van der Waals surface area (Å²) in [4.78, 5) is 19.1. The van der Waals surface area contributed by atoms with E-state index in [1.54, 1.807) is 11.1 Å². The molecule has 0 saturated heterocycles. The smallest absolute Gasteiger partial charge is 0.236 e. The van der Waals surface area contributed by atoms with Gasteiger partial charge < -0.3 is 20.4 Å². The molecule has 0 spiro atoms. The summed E-state index contributed by atoms with van der Waals surface area (Å²) in [7, 11) is 0. The molecule has 1 saturated carbocycles. The van der Waals surface area contributed by atoms with E-state index in [4.69, 9.17) is 10.9 Å². The maximum atomic E-state index is 13.0. The lowest BCUT2D eigenvalue weighted by atomic mass is 9.72. The lowest BCUT2D eigenvalue weighted by Crippen LogP contribution is -2.53. The zero-order valence-corrected chi connectivity index (χ0v) is 12.0. The van der Waals surface area contributed by atoms with Gasteiger partial charge in [0.15, 0.2) is 5.84 Å². The van der Waals surface area contributed by atoms with Crippen LogP contribution in [0.15, 0.2) is 17.5 Å². The Morgan fingerprint density at radius 3 is 2.81 bits per heavy atom. The Morgan fingerprint density at radius 2 is 2.10 bits per heavy atom. The second-order valence-electron chi connectivity index (χ2n) is 5.89. The Balaban J connectivity index is 1.85. The average Bonchev–Trinajstić information content (AvgIpc) is 3.01. The maximum Gasteiger partial charge on any atom is 0.236 e. The minimum atomic E-state index is -0.832. The van der Waals surface area contributed by atoms with Gasteiger partial charge in [-0.1, -0.05) is 24.4 Å². The summed E-state index contributed by atoms with van der Waals surface area (Å²) < 4.78 is 2.06. The zero-order valence-electron chi connectivity index (χ0n) is 12.0. The van der Waals surface area contributed by atoms with Crippen LogP contribution in [0.5, 0.6) is 0 Å². The molecular formula is C14H21N5O2. The van der Waals surface area contributed by atoms with E-state index < -0.39 is 5.41 Å². The number of nitrogens with zero attached hydrogens (tertiary/aromatic N) is 4. The summed E-state index contributed by atoms with van der Waals surface area (Å²) >= 11 is 0. The molecular weight excluding hydrogens is 270 g/mol. The highest BCUT2D eigenvalue weighted by Crippen LogP contribution is 2.39. The Hall–Kier alpha value is -2.05. The van der Waals surface area contributed by atoms with Crippen molar-refractivity contribution in [2.75, 3.05) is 6.54 Å². The molecule has 2 aliphatic rings. The third-order valence-electron chi connectivity index (χ3n) is 4.75. The molecule has 0 bridgehead atoms. The predicted molar refractivity (Wildman–Crippen MR) is 76.6 cm³/mol. The van der Waals surface area contributed by atoms with Gasteiger partial charge in [0, 0.05) is 25.5 Å². The number of carbonyl (C=O) groups is 1. The molecule has 0 aromatic carbocycles. The molecule has 2 heterocycles.